The quantitative estimate of drug-likeness (QED) is 0.158. The van der Waals surface area contributed by atoms with Crippen LogP contribution < -0.4 is 4.90 Å². The molecule has 0 fully saturated rings. The molecular weight excluding hydrogens is 701 g/mol. The van der Waals surface area contributed by atoms with Gasteiger partial charge in [-0.3, -0.25) is 0 Å². The van der Waals surface area contributed by atoms with Crippen molar-refractivity contribution in [2.75, 3.05) is 4.90 Å². The summed E-state index contributed by atoms with van der Waals surface area (Å²) in [5.74, 6) is 0. The molecule has 0 radical (unpaired) electrons. The first-order valence-corrected chi connectivity index (χ1v) is 20.2. The molecule has 10 aromatic rings. The van der Waals surface area contributed by atoms with Crippen molar-refractivity contribution >= 4 is 55.7 Å². The van der Waals surface area contributed by atoms with E-state index in [4.69, 9.17) is 0 Å². The maximum absolute atomic E-state index is 2.46. The van der Waals surface area contributed by atoms with E-state index in [0.29, 0.717) is 0 Å². The van der Waals surface area contributed by atoms with Crippen LogP contribution >= 0.6 is 0 Å². The zero-order valence-corrected chi connectivity index (χ0v) is 32.1. The van der Waals surface area contributed by atoms with E-state index in [1.54, 1.807) is 0 Å². The van der Waals surface area contributed by atoms with Gasteiger partial charge in [-0.2, -0.15) is 0 Å². The second-order valence-corrected chi connectivity index (χ2v) is 15.2. The molecule has 1 aromatic heterocycles. The van der Waals surface area contributed by atoms with Crippen molar-refractivity contribution in [3.8, 4) is 39.1 Å². The lowest BCUT2D eigenvalue weighted by Gasteiger charge is -2.28. The van der Waals surface area contributed by atoms with E-state index in [1.807, 2.05) is 0 Å². The molecule has 58 heavy (non-hydrogen) atoms. The Morgan fingerprint density at radius 1 is 0.431 bits per heavy atom. The second-order valence-electron chi connectivity index (χ2n) is 15.2. The summed E-state index contributed by atoms with van der Waals surface area (Å²) in [6.07, 6.45) is 6.82. The second kappa shape index (κ2) is 14.3. The monoisotopic (exact) mass is 740 g/mol. The van der Waals surface area contributed by atoms with Crippen LogP contribution in [0.25, 0.3) is 77.7 Å². The first kappa shape index (κ1) is 33.9. The van der Waals surface area contributed by atoms with Crippen LogP contribution in [0.2, 0.25) is 0 Å². The van der Waals surface area contributed by atoms with E-state index in [-0.39, 0.29) is 0 Å². The topological polar surface area (TPSA) is 8.17 Å². The summed E-state index contributed by atoms with van der Waals surface area (Å²) in [7, 11) is 0. The molecule has 11 rings (SSSR count). The molecular formula is C56H40N2. The lowest BCUT2D eigenvalue weighted by atomic mass is 9.95. The number of hydrogen-bond donors (Lipinski definition) is 0. The summed E-state index contributed by atoms with van der Waals surface area (Å²) in [6.45, 7) is 0. The third-order valence-electron chi connectivity index (χ3n) is 11.9. The van der Waals surface area contributed by atoms with Crippen molar-refractivity contribution < 1.29 is 0 Å². The Balaban J connectivity index is 1.02. The number of allylic oxidation sites excluding steroid dienone is 1. The Kier molecular flexibility index (Phi) is 8.33. The molecule has 0 unspecified atom stereocenters. The maximum Gasteiger partial charge on any atom is 0.0616 e. The van der Waals surface area contributed by atoms with E-state index >= 15 is 0 Å². The summed E-state index contributed by atoms with van der Waals surface area (Å²) in [6, 6.07) is 75.3. The van der Waals surface area contributed by atoms with Gasteiger partial charge in [-0.1, -0.05) is 164 Å². The minimum Gasteiger partial charge on any atom is -0.310 e. The van der Waals surface area contributed by atoms with Gasteiger partial charge in [0.15, 0.2) is 0 Å². The third kappa shape index (κ3) is 5.90. The highest BCUT2D eigenvalue weighted by molar-refractivity contribution is 6.12. The number of rotatable bonds is 7. The van der Waals surface area contributed by atoms with E-state index < -0.39 is 0 Å². The predicted molar refractivity (Wildman–Crippen MR) is 247 cm³/mol. The molecule has 0 saturated heterocycles. The lowest BCUT2D eigenvalue weighted by Crippen LogP contribution is -2.11. The van der Waals surface area contributed by atoms with Crippen LogP contribution in [-0.4, -0.2) is 4.57 Å². The summed E-state index contributed by atoms with van der Waals surface area (Å²) < 4.78 is 2.46. The van der Waals surface area contributed by atoms with E-state index in [0.717, 1.165) is 35.6 Å². The van der Waals surface area contributed by atoms with Crippen LogP contribution in [0, 0.1) is 0 Å². The summed E-state index contributed by atoms with van der Waals surface area (Å²) in [5.41, 5.74) is 16.9. The Hall–Kier alpha value is -7.42. The van der Waals surface area contributed by atoms with Crippen LogP contribution in [0.1, 0.15) is 17.5 Å². The van der Waals surface area contributed by atoms with Gasteiger partial charge in [0.2, 0.25) is 0 Å². The third-order valence-corrected chi connectivity index (χ3v) is 11.9. The number of aromatic nitrogens is 1. The smallest absolute Gasteiger partial charge is 0.0616 e. The van der Waals surface area contributed by atoms with Crippen molar-refractivity contribution in [2.24, 2.45) is 0 Å². The Morgan fingerprint density at radius 3 is 1.84 bits per heavy atom. The normalized spacial score (nSPS) is 12.3. The molecule has 0 aliphatic heterocycles. The molecule has 1 aliphatic carbocycles. The minimum atomic E-state index is 1.08. The number of hydrogen-bond acceptors (Lipinski definition) is 1. The Bertz CT molecular complexity index is 3130. The molecule has 0 atom stereocenters. The fraction of sp³-hybridized carbons (Fsp3) is 0.0357. The average Bonchev–Trinajstić information content (AvgIpc) is 3.65. The molecule has 1 heterocycles. The van der Waals surface area contributed by atoms with E-state index in [2.05, 4.69) is 228 Å². The van der Waals surface area contributed by atoms with Gasteiger partial charge in [0.05, 0.1) is 16.7 Å². The van der Waals surface area contributed by atoms with Gasteiger partial charge in [-0.15, -0.1) is 0 Å². The van der Waals surface area contributed by atoms with Crippen LogP contribution in [0.5, 0.6) is 0 Å². The molecule has 274 valence electrons. The Morgan fingerprint density at radius 2 is 1.05 bits per heavy atom. The first-order chi connectivity index (χ1) is 28.8. The molecule has 0 saturated carbocycles. The molecule has 0 amide bonds. The van der Waals surface area contributed by atoms with Crippen LogP contribution in [0.15, 0.2) is 212 Å². The van der Waals surface area contributed by atoms with E-state index in [1.165, 1.54) is 77.1 Å². The standard InChI is InChI=1S/C56H40N2/c1-2-12-39(13-3-1)41-24-31-47(32-25-41)57(48-33-26-42(27-34-48)46-23-22-40-14-4-5-16-45(40)38-46)54-20-10-8-17-50(54)44-28-35-49(36-29-44)58-55-21-11-9-19-52(55)53-37-30-43-15-6-7-18-51(43)56(53)58/h1-5,7-14,16-38H,6,15H2. The van der Waals surface area contributed by atoms with Crippen molar-refractivity contribution in [2.45, 2.75) is 12.8 Å². The van der Waals surface area contributed by atoms with Gasteiger partial charge in [0, 0.05) is 39.0 Å². The van der Waals surface area contributed by atoms with Gasteiger partial charge in [0.25, 0.3) is 0 Å². The van der Waals surface area contributed by atoms with Gasteiger partial charge >= 0.3 is 0 Å². The van der Waals surface area contributed by atoms with Crippen molar-refractivity contribution in [3.05, 3.63) is 223 Å². The zero-order chi connectivity index (χ0) is 38.4. The average molecular weight is 741 g/mol. The molecule has 2 nitrogen and oxygen atoms in total. The van der Waals surface area contributed by atoms with Gasteiger partial charge in [-0.05, 0) is 112 Å². The highest BCUT2D eigenvalue weighted by Crippen LogP contribution is 2.43. The van der Waals surface area contributed by atoms with E-state index in [9.17, 15) is 0 Å². The number of fused-ring (bicyclic) bond motifs is 6. The predicted octanol–water partition coefficient (Wildman–Crippen LogP) is 15.4. The molecule has 1 aliphatic rings. The van der Waals surface area contributed by atoms with Gasteiger partial charge in [0.1, 0.15) is 0 Å². The number of para-hydroxylation sites is 2. The first-order valence-electron chi connectivity index (χ1n) is 20.2. The molecule has 2 heteroatoms. The largest absolute Gasteiger partial charge is 0.310 e. The van der Waals surface area contributed by atoms with Crippen molar-refractivity contribution in [1.82, 2.24) is 4.57 Å². The number of benzene rings is 9. The highest BCUT2D eigenvalue weighted by Gasteiger charge is 2.20. The zero-order valence-electron chi connectivity index (χ0n) is 32.1. The number of anilines is 3. The van der Waals surface area contributed by atoms with Crippen LogP contribution in [-0.2, 0) is 6.42 Å². The molecule has 0 spiro atoms. The lowest BCUT2D eigenvalue weighted by molar-refractivity contribution is 0.986. The maximum atomic E-state index is 2.46. The highest BCUT2D eigenvalue weighted by atomic mass is 15.1. The molecule has 0 bridgehead atoms. The van der Waals surface area contributed by atoms with Gasteiger partial charge < -0.3 is 9.47 Å². The number of nitrogens with zero attached hydrogens (tertiary/aromatic N) is 2. The fourth-order valence-electron chi connectivity index (χ4n) is 8.97. The SMILES string of the molecule is C1=Cc2c(ccc3c4ccccc4n(-c4ccc(-c5ccccc5N(c5ccc(-c6ccccc6)cc5)c5ccc(-c6ccc7ccccc7c6)cc5)cc4)c23)CC1. The molecule has 9 aromatic carbocycles. The van der Waals surface area contributed by atoms with Crippen LogP contribution in [0.4, 0.5) is 17.1 Å². The Labute approximate surface area is 339 Å². The van der Waals surface area contributed by atoms with Crippen molar-refractivity contribution in [1.29, 1.82) is 0 Å². The summed E-state index contributed by atoms with van der Waals surface area (Å²) in [5, 5.41) is 5.09. The fourth-order valence-corrected chi connectivity index (χ4v) is 8.97. The van der Waals surface area contributed by atoms with Crippen molar-refractivity contribution in [3.63, 3.8) is 0 Å². The summed E-state index contributed by atoms with van der Waals surface area (Å²) in [4.78, 5) is 2.40. The minimum absolute atomic E-state index is 1.08. The molecule has 0 N–H and O–H groups in total. The number of aryl methyl sites for hydroxylation is 1. The van der Waals surface area contributed by atoms with Gasteiger partial charge in [-0.25, -0.2) is 0 Å². The van der Waals surface area contributed by atoms with Crippen LogP contribution in [0.3, 0.4) is 0 Å². The summed E-state index contributed by atoms with van der Waals surface area (Å²) >= 11 is 0.